The smallest absolute Gasteiger partial charge is 0.339 e. The van der Waals surface area contributed by atoms with E-state index >= 15 is 0 Å². The predicted molar refractivity (Wildman–Crippen MR) is 168 cm³/mol. The van der Waals surface area contributed by atoms with Crippen molar-refractivity contribution < 1.29 is 14.6 Å². The van der Waals surface area contributed by atoms with Gasteiger partial charge in [0.15, 0.2) is 0 Å². The van der Waals surface area contributed by atoms with Gasteiger partial charge in [-0.25, -0.2) is 15.3 Å². The van der Waals surface area contributed by atoms with Crippen LogP contribution in [0.3, 0.4) is 0 Å². The molecule has 224 valence electrons. The highest BCUT2D eigenvalue weighted by molar-refractivity contribution is 5.89. The molecule has 0 saturated heterocycles. The molecule has 0 spiro atoms. The number of benzene rings is 3. The zero-order chi connectivity index (χ0) is 30.5. The molecule has 1 aromatic heterocycles. The van der Waals surface area contributed by atoms with Crippen LogP contribution in [0.5, 0.6) is 5.75 Å². The molecule has 1 fully saturated rings. The zero-order valence-electron chi connectivity index (χ0n) is 25.0. The highest BCUT2D eigenvalue weighted by Gasteiger charge is 2.45. The fourth-order valence-corrected chi connectivity index (χ4v) is 5.72. The van der Waals surface area contributed by atoms with Crippen LogP contribution in [-0.2, 0) is 13.1 Å². The first-order valence-corrected chi connectivity index (χ1v) is 14.8. The minimum Gasteiger partial charge on any atom is -0.492 e. The van der Waals surface area contributed by atoms with Gasteiger partial charge in [-0.15, -0.1) is 0 Å². The average molecular weight is 581 g/mol. The standard InChI is InChI=1S/C32H34N6O3.C2H6/c1-36(34)20-29(33)26-16-27(26)31-28(32(39)40)17-35-38(31)25-10-5-9-23(15-25)22-8-4-6-21(14-22)18-37-12-13-41-30-11-3-2-7-24(30)19-37;1-2/h2-11,14-15,17,20,26-27H,12-13,16,18-19,33-34H2,1H3,(H,39,40);1-2H3/b29-20-;/t26?,27-;/m1./s1. The molecule has 5 N–H and O–H groups in total. The summed E-state index contributed by atoms with van der Waals surface area (Å²) in [6, 6.07) is 24.8. The number of para-hydroxylation sites is 1. The molecule has 1 aliphatic carbocycles. The molecule has 6 rings (SSSR count). The lowest BCUT2D eigenvalue weighted by Gasteiger charge is -2.20. The number of aromatic nitrogens is 2. The fraction of sp³-hybridized carbons (Fsp3) is 0.294. The third-order valence-corrected chi connectivity index (χ3v) is 7.75. The van der Waals surface area contributed by atoms with Gasteiger partial charge in [-0.05, 0) is 47.4 Å². The molecule has 43 heavy (non-hydrogen) atoms. The Bertz CT molecular complexity index is 1610. The number of aromatic carboxylic acids is 1. The van der Waals surface area contributed by atoms with Gasteiger partial charge in [0.05, 0.1) is 17.6 Å². The molecule has 3 aromatic carbocycles. The normalized spacial score (nSPS) is 18.0. The average Bonchev–Trinajstić information content (AvgIpc) is 3.73. The SMILES string of the molecule is CC.CN(N)/C=C(\N)C1C[C@H]1c1c(C(=O)O)cnn1-c1cccc(-c2cccc(CN3CCOc4ccccc4C3)c2)c1. The summed E-state index contributed by atoms with van der Waals surface area (Å²) in [6.45, 7) is 7.17. The number of hydrogen-bond acceptors (Lipinski definition) is 7. The van der Waals surface area contributed by atoms with Crippen molar-refractivity contribution in [3.63, 3.8) is 0 Å². The van der Waals surface area contributed by atoms with Crippen molar-refractivity contribution in [2.45, 2.75) is 39.3 Å². The number of fused-ring (bicyclic) bond motifs is 1. The van der Waals surface area contributed by atoms with Crippen LogP contribution in [0.2, 0.25) is 0 Å². The maximum atomic E-state index is 12.1. The van der Waals surface area contributed by atoms with Crippen LogP contribution in [0.1, 0.15) is 53.4 Å². The van der Waals surface area contributed by atoms with E-state index in [1.165, 1.54) is 22.3 Å². The molecule has 1 aliphatic heterocycles. The largest absolute Gasteiger partial charge is 0.492 e. The molecule has 1 saturated carbocycles. The number of nitrogens with zero attached hydrogens (tertiary/aromatic N) is 4. The van der Waals surface area contributed by atoms with Gasteiger partial charge >= 0.3 is 5.97 Å². The van der Waals surface area contributed by atoms with Crippen molar-refractivity contribution in [2.24, 2.45) is 17.5 Å². The number of carboxylic acids is 1. The Kier molecular flexibility index (Phi) is 9.13. The molecule has 2 aliphatic rings. The minimum absolute atomic E-state index is 0.0192. The van der Waals surface area contributed by atoms with E-state index in [0.717, 1.165) is 48.6 Å². The zero-order valence-corrected chi connectivity index (χ0v) is 25.0. The first-order chi connectivity index (χ1) is 20.9. The van der Waals surface area contributed by atoms with Crippen LogP contribution in [0.15, 0.2) is 90.9 Å². The van der Waals surface area contributed by atoms with Gasteiger partial charge in [-0.2, -0.15) is 5.10 Å². The fourth-order valence-electron chi connectivity index (χ4n) is 5.72. The van der Waals surface area contributed by atoms with Gasteiger partial charge in [0.25, 0.3) is 0 Å². The Morgan fingerprint density at radius 1 is 1.09 bits per heavy atom. The number of carbonyl (C=O) groups is 1. The van der Waals surface area contributed by atoms with E-state index in [1.807, 2.05) is 38.1 Å². The minimum atomic E-state index is -0.999. The summed E-state index contributed by atoms with van der Waals surface area (Å²) in [5.74, 6) is 5.68. The van der Waals surface area contributed by atoms with E-state index in [1.54, 1.807) is 17.9 Å². The first kappa shape index (κ1) is 29.9. The van der Waals surface area contributed by atoms with Gasteiger partial charge in [0.2, 0.25) is 0 Å². The Hall–Kier alpha value is -4.60. The molecular weight excluding hydrogens is 540 g/mol. The third kappa shape index (κ3) is 6.74. The number of carboxylic acid groups (broad SMARTS) is 1. The van der Waals surface area contributed by atoms with E-state index in [9.17, 15) is 9.90 Å². The topological polar surface area (TPSA) is 123 Å². The van der Waals surface area contributed by atoms with E-state index in [-0.39, 0.29) is 17.4 Å². The van der Waals surface area contributed by atoms with Gasteiger partial charge < -0.3 is 20.6 Å². The number of allylic oxidation sites excluding steroid dienone is 1. The number of nitrogens with two attached hydrogens (primary N) is 2. The predicted octanol–water partition coefficient (Wildman–Crippen LogP) is 5.37. The second-order valence-electron chi connectivity index (χ2n) is 10.8. The van der Waals surface area contributed by atoms with Gasteiger partial charge in [0.1, 0.15) is 17.9 Å². The van der Waals surface area contributed by atoms with Crippen molar-refractivity contribution in [1.82, 2.24) is 19.7 Å². The van der Waals surface area contributed by atoms with Crippen LogP contribution in [-0.4, -0.2) is 51.0 Å². The van der Waals surface area contributed by atoms with Crippen LogP contribution >= 0.6 is 0 Å². The molecule has 0 bridgehead atoms. The third-order valence-electron chi connectivity index (χ3n) is 7.75. The lowest BCUT2D eigenvalue weighted by Crippen LogP contribution is -2.25. The summed E-state index contributed by atoms with van der Waals surface area (Å²) in [5, 5.41) is 15.8. The van der Waals surface area contributed by atoms with Crippen LogP contribution in [0, 0.1) is 5.92 Å². The summed E-state index contributed by atoms with van der Waals surface area (Å²) in [5.41, 5.74) is 13.1. The van der Waals surface area contributed by atoms with Gasteiger partial charge in [0, 0.05) is 56.0 Å². The van der Waals surface area contributed by atoms with Crippen molar-refractivity contribution >= 4 is 5.97 Å². The van der Waals surface area contributed by atoms with Gasteiger partial charge in [-0.1, -0.05) is 62.4 Å². The molecule has 9 nitrogen and oxygen atoms in total. The Morgan fingerprint density at radius 2 is 1.84 bits per heavy atom. The van der Waals surface area contributed by atoms with E-state index in [2.05, 4.69) is 58.5 Å². The monoisotopic (exact) mass is 580 g/mol. The van der Waals surface area contributed by atoms with Gasteiger partial charge in [-0.3, -0.25) is 4.90 Å². The highest BCUT2D eigenvalue weighted by atomic mass is 16.5. The van der Waals surface area contributed by atoms with E-state index < -0.39 is 5.97 Å². The van der Waals surface area contributed by atoms with Crippen LogP contribution in [0.4, 0.5) is 0 Å². The second-order valence-corrected chi connectivity index (χ2v) is 10.8. The highest BCUT2D eigenvalue weighted by Crippen LogP contribution is 2.51. The summed E-state index contributed by atoms with van der Waals surface area (Å²) in [4.78, 5) is 14.5. The first-order valence-electron chi connectivity index (χ1n) is 14.8. The number of rotatable bonds is 8. The van der Waals surface area contributed by atoms with Crippen molar-refractivity contribution in [3.05, 3.63) is 113 Å². The maximum absolute atomic E-state index is 12.1. The lowest BCUT2D eigenvalue weighted by molar-refractivity contribution is 0.0695. The van der Waals surface area contributed by atoms with Crippen LogP contribution in [0.25, 0.3) is 16.8 Å². The quantitative estimate of drug-likeness (QED) is 0.188. The Morgan fingerprint density at radius 3 is 2.60 bits per heavy atom. The number of ether oxygens (including phenoxy) is 1. The molecule has 2 atom stereocenters. The van der Waals surface area contributed by atoms with Crippen molar-refractivity contribution in [1.29, 1.82) is 0 Å². The molecule has 9 heteroatoms. The van der Waals surface area contributed by atoms with E-state index in [4.69, 9.17) is 16.3 Å². The summed E-state index contributed by atoms with van der Waals surface area (Å²) >= 11 is 0. The number of hydrazine groups is 1. The molecular formula is C34H40N6O3. The Balaban J connectivity index is 0.00000180. The van der Waals surface area contributed by atoms with Crippen molar-refractivity contribution in [2.75, 3.05) is 20.2 Å². The number of hydrogen-bond donors (Lipinski definition) is 3. The van der Waals surface area contributed by atoms with Crippen molar-refractivity contribution in [3.8, 4) is 22.6 Å². The molecule has 0 radical (unpaired) electrons. The van der Waals surface area contributed by atoms with Crippen LogP contribution < -0.4 is 16.3 Å². The summed E-state index contributed by atoms with van der Waals surface area (Å²) < 4.78 is 7.69. The molecule has 0 amide bonds. The molecule has 4 aromatic rings. The van der Waals surface area contributed by atoms with E-state index in [0.29, 0.717) is 18.0 Å². The molecule has 2 heterocycles. The maximum Gasteiger partial charge on any atom is 0.339 e. The summed E-state index contributed by atoms with van der Waals surface area (Å²) in [6.07, 6.45) is 3.85. The summed E-state index contributed by atoms with van der Waals surface area (Å²) in [7, 11) is 1.71. The lowest BCUT2D eigenvalue weighted by atomic mass is 10.0. The second kappa shape index (κ2) is 13.1. The molecule has 1 unspecified atom stereocenters. The Labute approximate surface area is 252 Å².